The molecule has 1 N–H and O–H groups in total. The van der Waals surface area contributed by atoms with Crippen molar-refractivity contribution in [2.45, 2.75) is 33.7 Å². The average molecular weight is 261 g/mol. The largest absolute Gasteiger partial charge is 0.461 e. The Morgan fingerprint density at radius 1 is 1.21 bits per heavy atom. The summed E-state index contributed by atoms with van der Waals surface area (Å²) >= 11 is 0. The predicted octanol–water partition coefficient (Wildman–Crippen LogP) is 3.42. The van der Waals surface area contributed by atoms with Gasteiger partial charge in [-0.2, -0.15) is 0 Å². The van der Waals surface area contributed by atoms with E-state index in [9.17, 15) is 5.11 Å². The van der Waals surface area contributed by atoms with Crippen LogP contribution in [-0.4, -0.2) is 29.7 Å². The molecule has 3 heteroatoms. The van der Waals surface area contributed by atoms with Crippen LogP contribution in [0.15, 0.2) is 22.6 Å². The van der Waals surface area contributed by atoms with Gasteiger partial charge in [0.25, 0.3) is 0 Å². The molecule has 0 aliphatic carbocycles. The van der Waals surface area contributed by atoms with Gasteiger partial charge >= 0.3 is 0 Å². The first kappa shape index (κ1) is 14.1. The molecule has 1 aromatic heterocycles. The van der Waals surface area contributed by atoms with Crippen molar-refractivity contribution in [3.8, 4) is 0 Å². The number of nitrogens with zero attached hydrogens (tertiary/aromatic N) is 1. The second-order valence-electron chi connectivity index (χ2n) is 4.93. The lowest BCUT2D eigenvalue weighted by molar-refractivity contribution is 0.134. The van der Waals surface area contributed by atoms with Crippen LogP contribution in [0.1, 0.15) is 36.8 Å². The maximum atomic E-state index is 9.76. The first-order valence-corrected chi connectivity index (χ1v) is 6.97. The number of hydrogen-bond acceptors (Lipinski definition) is 3. The second kappa shape index (κ2) is 5.76. The van der Waals surface area contributed by atoms with Crippen molar-refractivity contribution in [2.75, 3.05) is 19.7 Å². The smallest absolute Gasteiger partial charge is 0.139 e. The molecule has 104 valence electrons. The number of rotatable bonds is 5. The van der Waals surface area contributed by atoms with Gasteiger partial charge in [0, 0.05) is 10.9 Å². The summed E-state index contributed by atoms with van der Waals surface area (Å²) in [7, 11) is 0. The van der Waals surface area contributed by atoms with Crippen molar-refractivity contribution < 1.29 is 9.52 Å². The Balaban J connectivity index is 2.57. The Labute approximate surface area is 114 Å². The van der Waals surface area contributed by atoms with E-state index in [1.807, 2.05) is 13.0 Å². The maximum absolute atomic E-state index is 9.76. The Bertz CT molecular complexity index is 555. The maximum Gasteiger partial charge on any atom is 0.139 e. The molecular formula is C16H23NO2. The average Bonchev–Trinajstić information content (AvgIpc) is 2.72. The lowest BCUT2D eigenvalue weighted by atomic mass is 10.0. The number of aliphatic hydroxyl groups excluding tert-OH is 1. The van der Waals surface area contributed by atoms with Crippen LogP contribution in [0.4, 0.5) is 0 Å². The van der Waals surface area contributed by atoms with E-state index in [0.717, 1.165) is 35.4 Å². The predicted molar refractivity (Wildman–Crippen MR) is 78.4 cm³/mol. The Morgan fingerprint density at radius 2 is 1.89 bits per heavy atom. The van der Waals surface area contributed by atoms with Gasteiger partial charge in [0.05, 0.1) is 12.6 Å². The first-order valence-electron chi connectivity index (χ1n) is 6.97. The normalized spacial score (nSPS) is 13.4. The fraction of sp³-hybridized carbons (Fsp3) is 0.500. The highest BCUT2D eigenvalue weighted by Crippen LogP contribution is 2.32. The molecule has 0 bridgehead atoms. The molecule has 0 fully saturated rings. The van der Waals surface area contributed by atoms with E-state index in [2.05, 4.69) is 37.8 Å². The number of aliphatic hydroxyl groups is 1. The van der Waals surface area contributed by atoms with E-state index in [1.54, 1.807) is 0 Å². The molecule has 19 heavy (non-hydrogen) atoms. The fourth-order valence-electron chi connectivity index (χ4n) is 2.72. The highest BCUT2D eigenvalue weighted by molar-refractivity contribution is 5.85. The van der Waals surface area contributed by atoms with Gasteiger partial charge in [-0.1, -0.05) is 32.0 Å². The van der Waals surface area contributed by atoms with Gasteiger partial charge in [0.2, 0.25) is 0 Å². The van der Waals surface area contributed by atoms with Crippen LogP contribution in [0.2, 0.25) is 0 Å². The topological polar surface area (TPSA) is 36.6 Å². The lowest BCUT2D eigenvalue weighted by Gasteiger charge is -2.28. The molecule has 0 spiro atoms. The van der Waals surface area contributed by atoms with E-state index >= 15 is 0 Å². The number of likely N-dealkylation sites (N-methyl/N-ethyl adjacent to an activating group) is 1. The van der Waals surface area contributed by atoms with E-state index in [4.69, 9.17) is 4.42 Å². The van der Waals surface area contributed by atoms with Crippen molar-refractivity contribution in [1.29, 1.82) is 0 Å². The molecule has 1 atom stereocenters. The third-order valence-electron chi connectivity index (χ3n) is 4.02. The quantitative estimate of drug-likeness (QED) is 0.896. The monoisotopic (exact) mass is 261 g/mol. The molecule has 0 aliphatic heterocycles. The zero-order valence-corrected chi connectivity index (χ0v) is 12.2. The number of furan rings is 1. The summed E-state index contributed by atoms with van der Waals surface area (Å²) in [5.74, 6) is 0.957. The standard InChI is InChI=1S/C16H23NO2/c1-5-17(6-2)15(10-18)14-9-7-8-13-11(3)12(4)19-16(13)14/h7-9,15,18H,5-6,10H2,1-4H3/t15-/m0/s1. The van der Waals surface area contributed by atoms with Crippen LogP contribution in [-0.2, 0) is 0 Å². The minimum Gasteiger partial charge on any atom is -0.461 e. The van der Waals surface area contributed by atoms with Gasteiger partial charge in [0.15, 0.2) is 0 Å². The summed E-state index contributed by atoms with van der Waals surface area (Å²) in [6.07, 6.45) is 0. The highest BCUT2D eigenvalue weighted by Gasteiger charge is 2.21. The van der Waals surface area contributed by atoms with Crippen LogP contribution >= 0.6 is 0 Å². The molecule has 2 aromatic rings. The molecule has 0 unspecified atom stereocenters. The molecular weight excluding hydrogens is 238 g/mol. The third-order valence-corrected chi connectivity index (χ3v) is 4.02. The highest BCUT2D eigenvalue weighted by atomic mass is 16.3. The zero-order valence-electron chi connectivity index (χ0n) is 12.2. The lowest BCUT2D eigenvalue weighted by Crippen LogP contribution is -2.30. The molecule has 0 aliphatic rings. The summed E-state index contributed by atoms with van der Waals surface area (Å²) in [5, 5.41) is 10.9. The zero-order chi connectivity index (χ0) is 14.0. The summed E-state index contributed by atoms with van der Waals surface area (Å²) < 4.78 is 5.91. The number of fused-ring (bicyclic) bond motifs is 1. The fourth-order valence-corrected chi connectivity index (χ4v) is 2.72. The van der Waals surface area contributed by atoms with Crippen molar-refractivity contribution in [3.05, 3.63) is 35.1 Å². The van der Waals surface area contributed by atoms with Crippen LogP contribution in [0.3, 0.4) is 0 Å². The van der Waals surface area contributed by atoms with Crippen LogP contribution in [0, 0.1) is 13.8 Å². The van der Waals surface area contributed by atoms with Crippen molar-refractivity contribution in [2.24, 2.45) is 0 Å². The Kier molecular flexibility index (Phi) is 4.27. The van der Waals surface area contributed by atoms with Crippen molar-refractivity contribution in [1.82, 2.24) is 4.90 Å². The Morgan fingerprint density at radius 3 is 2.47 bits per heavy atom. The summed E-state index contributed by atoms with van der Waals surface area (Å²) in [4.78, 5) is 2.25. The molecule has 0 radical (unpaired) electrons. The van der Waals surface area contributed by atoms with Crippen LogP contribution in [0.5, 0.6) is 0 Å². The summed E-state index contributed by atoms with van der Waals surface area (Å²) in [6, 6.07) is 6.19. The van der Waals surface area contributed by atoms with Gasteiger partial charge in [-0.05, 0) is 32.5 Å². The number of para-hydroxylation sites is 1. The van der Waals surface area contributed by atoms with E-state index in [1.165, 1.54) is 5.56 Å². The molecule has 3 nitrogen and oxygen atoms in total. The van der Waals surface area contributed by atoms with E-state index in [0.29, 0.717) is 0 Å². The van der Waals surface area contributed by atoms with Gasteiger partial charge in [0.1, 0.15) is 11.3 Å². The number of aryl methyl sites for hydroxylation is 2. The first-order chi connectivity index (χ1) is 9.13. The van der Waals surface area contributed by atoms with E-state index in [-0.39, 0.29) is 12.6 Å². The van der Waals surface area contributed by atoms with Crippen molar-refractivity contribution in [3.63, 3.8) is 0 Å². The summed E-state index contributed by atoms with van der Waals surface area (Å²) in [5.41, 5.74) is 3.19. The van der Waals surface area contributed by atoms with Gasteiger partial charge in [-0.25, -0.2) is 0 Å². The number of hydrogen-bond donors (Lipinski definition) is 1. The Hall–Kier alpha value is -1.32. The third kappa shape index (κ3) is 2.40. The van der Waals surface area contributed by atoms with Gasteiger partial charge < -0.3 is 9.52 Å². The molecule has 0 amide bonds. The molecule has 1 heterocycles. The minimum absolute atomic E-state index is 0.00338. The van der Waals surface area contributed by atoms with Gasteiger partial charge in [-0.3, -0.25) is 4.90 Å². The molecule has 1 aromatic carbocycles. The molecule has 0 saturated heterocycles. The minimum atomic E-state index is 0.00338. The van der Waals surface area contributed by atoms with Gasteiger partial charge in [-0.15, -0.1) is 0 Å². The molecule has 0 saturated carbocycles. The SMILES string of the molecule is CCN(CC)[C@@H](CO)c1cccc2c(C)c(C)oc12. The number of benzene rings is 1. The second-order valence-corrected chi connectivity index (χ2v) is 4.93. The van der Waals surface area contributed by atoms with Crippen LogP contribution < -0.4 is 0 Å². The van der Waals surface area contributed by atoms with Crippen LogP contribution in [0.25, 0.3) is 11.0 Å². The van der Waals surface area contributed by atoms with E-state index < -0.39 is 0 Å². The molecule has 2 rings (SSSR count). The van der Waals surface area contributed by atoms with Crippen molar-refractivity contribution >= 4 is 11.0 Å². The summed E-state index contributed by atoms with van der Waals surface area (Å²) in [6.45, 7) is 10.2.